The Hall–Kier alpha value is -8.14. The van der Waals surface area contributed by atoms with E-state index < -0.39 is 41.4 Å². The van der Waals surface area contributed by atoms with Gasteiger partial charge in [-0.2, -0.15) is 5.10 Å². The lowest BCUT2D eigenvalue weighted by atomic mass is 9.39. The van der Waals surface area contributed by atoms with Crippen LogP contribution in [0.2, 0.25) is 0 Å². The summed E-state index contributed by atoms with van der Waals surface area (Å²) in [5, 5.41) is 54.6. The summed E-state index contributed by atoms with van der Waals surface area (Å²) in [5.74, 6) is -0.891. The van der Waals surface area contributed by atoms with E-state index in [-0.39, 0.29) is 72.6 Å². The molecule has 5 aliphatic rings. The number of aromatic carboxylic acids is 1. The van der Waals surface area contributed by atoms with Gasteiger partial charge in [0, 0.05) is 68.9 Å². The molecule has 0 spiro atoms. The number of benzene rings is 2. The van der Waals surface area contributed by atoms with Gasteiger partial charge in [0.2, 0.25) is 17.7 Å². The smallest absolute Gasteiger partial charge is 0.355 e. The largest absolute Gasteiger partial charge is 0.476 e. The number of aliphatic hydroxyl groups excluding tert-OH is 1. The zero-order valence-corrected chi connectivity index (χ0v) is 59.6. The number of para-hydroxylation sites is 1. The number of rotatable bonds is 29. The van der Waals surface area contributed by atoms with Crippen molar-refractivity contribution in [2.45, 2.75) is 176 Å². The number of aliphatic hydroxyl groups is 1. The second kappa shape index (κ2) is 28.6. The number of carbonyl (C=O) groups is 4. The second-order valence-corrected chi connectivity index (χ2v) is 31.9. The summed E-state index contributed by atoms with van der Waals surface area (Å²) in [7, 11) is 4.18. The molecule has 8 aromatic rings. The molecule has 520 valence electrons. The molecule has 3 amide bonds. The van der Waals surface area contributed by atoms with E-state index in [2.05, 4.69) is 73.9 Å². The van der Waals surface area contributed by atoms with Crippen LogP contribution in [0.1, 0.15) is 144 Å². The van der Waals surface area contributed by atoms with Gasteiger partial charge in [0.1, 0.15) is 23.6 Å². The summed E-state index contributed by atoms with van der Waals surface area (Å²) < 4.78 is 17.7. The van der Waals surface area contributed by atoms with E-state index in [0.717, 1.165) is 107 Å². The van der Waals surface area contributed by atoms with E-state index in [1.807, 2.05) is 125 Å². The van der Waals surface area contributed by atoms with E-state index in [1.54, 1.807) is 22.2 Å². The van der Waals surface area contributed by atoms with Crippen molar-refractivity contribution in [3.05, 3.63) is 119 Å². The first-order valence-electron chi connectivity index (χ1n) is 34.1. The number of aromatic nitrogens is 10. The van der Waals surface area contributed by atoms with Crippen LogP contribution >= 0.6 is 22.7 Å². The molecular formula is C72H92N16O8S2. The molecule has 4 saturated carbocycles. The number of β-amino-alcohol motifs (C(OH)–C–C–N with tert-alkyl or cyclic N) is 1. The third-order valence-electron chi connectivity index (χ3n) is 19.9. The van der Waals surface area contributed by atoms with Gasteiger partial charge in [-0.1, -0.05) is 87.6 Å². The maximum absolute atomic E-state index is 14.2. The van der Waals surface area contributed by atoms with Crippen LogP contribution in [-0.2, 0) is 50.1 Å². The molecule has 0 radical (unpaired) electrons. The van der Waals surface area contributed by atoms with Gasteiger partial charge in [-0.25, -0.2) is 19.7 Å². The van der Waals surface area contributed by atoms with Crippen molar-refractivity contribution in [2.75, 3.05) is 57.2 Å². The Morgan fingerprint density at radius 3 is 2.35 bits per heavy atom. The fourth-order valence-corrected chi connectivity index (χ4v) is 18.1. The molecule has 4 aliphatic carbocycles. The van der Waals surface area contributed by atoms with Crippen molar-refractivity contribution in [3.8, 4) is 21.6 Å². The van der Waals surface area contributed by atoms with Crippen LogP contribution in [0.3, 0.4) is 0 Å². The molecule has 24 nitrogen and oxygen atoms in total. The number of likely N-dealkylation sites (tertiary alicyclic amines) is 1. The number of carboxylic acid groups (broad SMARTS) is 1. The number of nitrogens with one attached hydrogen (secondary N) is 3. The van der Waals surface area contributed by atoms with Crippen LogP contribution in [0.25, 0.3) is 31.8 Å². The number of carbonyl (C=O) groups excluding carboxylic acids is 3. The van der Waals surface area contributed by atoms with Crippen molar-refractivity contribution >= 4 is 79.2 Å². The highest BCUT2D eigenvalue weighted by Crippen LogP contribution is 2.72. The zero-order valence-electron chi connectivity index (χ0n) is 57.9. The number of hydrogen-bond acceptors (Lipinski definition) is 20. The molecule has 13 rings (SSSR count). The van der Waals surface area contributed by atoms with Crippen LogP contribution in [0, 0.1) is 42.4 Å². The first kappa shape index (κ1) is 69.7. The monoisotopic (exact) mass is 1370 g/mol. The molecule has 4 bridgehead atoms. The topological polar surface area (TPSA) is 286 Å². The number of ether oxygens (including phenoxy) is 2. The van der Waals surface area contributed by atoms with Gasteiger partial charge >= 0.3 is 5.97 Å². The fraction of sp³-hybridized carbons (Fsp3) is 0.528. The van der Waals surface area contributed by atoms with Crippen molar-refractivity contribution in [2.24, 2.45) is 21.7 Å². The Morgan fingerprint density at radius 2 is 1.63 bits per heavy atom. The maximum atomic E-state index is 14.2. The molecule has 1 saturated heterocycles. The summed E-state index contributed by atoms with van der Waals surface area (Å²) >= 11 is 3.10. The standard InChI is InChI=1S/C72H92N16O8S2/c1-45-30-58(81-82-63(45)79-67-76-54-16-12-13-17-56(54)98-67)86(57-23-22-52(60(77-57)66(93)94)53-33-75-88(47(53)3)43-71-38-69(7)37-70(8,39-71)41-72(40-69,42-71)96-29-27-84(9)10)26-15-11-14-25-85-34-50(80-83-85)36-95-28-24-59(90)78-62(68(4,5)6)65(92)87-35-51(89)31-55(87)64(91)73-32-48-18-20-49(21-19-48)61-46(2)74-44-97-61/h12-13,16-23,30,33-34,44,51,55,62,89H,11,14-15,24-29,31-32,35-43H2,1-10H3,(H,73,91)(H,78,90)(H,93,94)(H,76,79,82)/t51-,55+,62-,69?,70?,71?,72?/m1/s1. The average molecular weight is 1370 g/mol. The molecule has 5 fully saturated rings. The van der Waals surface area contributed by atoms with Gasteiger partial charge in [-0.05, 0) is 161 Å². The normalized spacial score (nSPS) is 22.3. The molecule has 7 heterocycles. The van der Waals surface area contributed by atoms with Crippen molar-refractivity contribution in [3.63, 3.8) is 0 Å². The summed E-state index contributed by atoms with van der Waals surface area (Å²) in [6.07, 6.45) is 11.5. The molecule has 26 heteroatoms. The SMILES string of the molecule is Cc1cc(N(CCCCCn2cc(COCCC(=O)N[C@H](C(=O)N3C[C@H](O)C[C@H]3C(=O)NCc3ccc(-c4scnc4C)cc3)C(C)(C)C)nn2)c2ccc(-c3cnn(CC45CC6(C)CC(C)(C4)CC(OCCN(C)C)(C6)C5)c3C)c(C(=O)O)n2)nnc1Nc1nc2ccccc2s1. The van der Waals surface area contributed by atoms with Crippen LogP contribution in [0.5, 0.6) is 0 Å². The lowest BCUT2D eigenvalue weighted by Crippen LogP contribution is -2.64. The number of aryl methyl sites for hydroxylation is 3. The van der Waals surface area contributed by atoms with E-state index >= 15 is 0 Å². The first-order valence-corrected chi connectivity index (χ1v) is 35.8. The number of hydrogen-bond donors (Lipinski definition) is 5. The number of anilines is 4. The van der Waals surface area contributed by atoms with Crippen LogP contribution in [0.4, 0.5) is 22.6 Å². The number of unbranched alkanes of at least 4 members (excludes halogenated alkanes) is 2. The quantitative estimate of drug-likeness (QED) is 0.0272. The summed E-state index contributed by atoms with van der Waals surface area (Å²) in [5.41, 5.74) is 8.49. The molecule has 1 aliphatic heterocycles. The first-order chi connectivity index (χ1) is 46.7. The minimum Gasteiger partial charge on any atom is -0.476 e. The lowest BCUT2D eigenvalue weighted by molar-refractivity contribution is -0.248. The molecule has 98 heavy (non-hydrogen) atoms. The number of thiazole rings is 2. The van der Waals surface area contributed by atoms with Crippen molar-refractivity contribution in [1.29, 1.82) is 0 Å². The molecule has 2 aromatic carbocycles. The Balaban J connectivity index is 0.659. The zero-order chi connectivity index (χ0) is 69.3. The van der Waals surface area contributed by atoms with E-state index in [0.29, 0.717) is 60.0 Å². The maximum Gasteiger partial charge on any atom is 0.355 e. The predicted molar refractivity (Wildman–Crippen MR) is 377 cm³/mol. The second-order valence-electron chi connectivity index (χ2n) is 30.0. The van der Waals surface area contributed by atoms with E-state index in [1.165, 1.54) is 22.7 Å². The molecule has 6 aromatic heterocycles. The van der Waals surface area contributed by atoms with Crippen molar-refractivity contribution in [1.82, 2.24) is 70.4 Å². The van der Waals surface area contributed by atoms with E-state index in [9.17, 15) is 29.4 Å². The summed E-state index contributed by atoms with van der Waals surface area (Å²) in [6.45, 7) is 20.1. The highest BCUT2D eigenvalue weighted by atomic mass is 32.1. The minimum absolute atomic E-state index is 0.00128. The van der Waals surface area contributed by atoms with Crippen LogP contribution in [0.15, 0.2) is 84.6 Å². The van der Waals surface area contributed by atoms with Crippen LogP contribution < -0.4 is 20.9 Å². The summed E-state index contributed by atoms with van der Waals surface area (Å²) in [4.78, 5) is 75.3. The van der Waals surface area contributed by atoms with Gasteiger partial charge in [-0.3, -0.25) is 23.7 Å². The Morgan fingerprint density at radius 1 is 0.857 bits per heavy atom. The highest BCUT2D eigenvalue weighted by molar-refractivity contribution is 7.22. The molecule has 2 unspecified atom stereocenters. The van der Waals surface area contributed by atoms with E-state index in [4.69, 9.17) is 29.6 Å². The number of pyridine rings is 1. The van der Waals surface area contributed by atoms with Crippen molar-refractivity contribution < 1.29 is 38.9 Å². The average Bonchev–Trinajstić information content (AvgIpc) is 0.868. The van der Waals surface area contributed by atoms with Gasteiger partial charge in [0.05, 0.1) is 70.2 Å². The number of fused-ring (bicyclic) bond motifs is 1. The van der Waals surface area contributed by atoms with Gasteiger partial charge < -0.3 is 50.3 Å². The number of amides is 3. The summed E-state index contributed by atoms with van der Waals surface area (Å²) in [6, 6.07) is 19.6. The fourth-order valence-electron chi connectivity index (χ4n) is 16.5. The predicted octanol–water partition coefficient (Wildman–Crippen LogP) is 10.8. The third-order valence-corrected chi connectivity index (χ3v) is 21.8. The number of likely N-dealkylation sites (N-methyl/N-ethyl adjacent to an activating group) is 1. The Bertz CT molecular complexity index is 4150. The molecule has 5 N–H and O–H groups in total. The Kier molecular flexibility index (Phi) is 20.4. The number of carboxylic acids is 1. The highest BCUT2D eigenvalue weighted by Gasteiger charge is 2.66. The molecular weight excluding hydrogens is 1280 g/mol. The Labute approximate surface area is 580 Å². The molecule has 5 atom stereocenters. The van der Waals surface area contributed by atoms with Gasteiger partial charge in [-0.15, -0.1) is 26.6 Å². The van der Waals surface area contributed by atoms with Gasteiger partial charge in [0.15, 0.2) is 22.5 Å². The lowest BCUT2D eigenvalue weighted by Gasteiger charge is -2.69. The minimum atomic E-state index is -1.15. The third kappa shape index (κ3) is 15.8. The van der Waals surface area contributed by atoms with Crippen LogP contribution in [-0.4, -0.2) is 164 Å². The van der Waals surface area contributed by atoms with Gasteiger partial charge in [0.25, 0.3) is 0 Å². The number of nitrogens with zero attached hydrogens (tertiary/aromatic N) is 13.